The Bertz CT molecular complexity index is 832. The van der Waals surface area contributed by atoms with Gasteiger partial charge < -0.3 is 4.74 Å². The van der Waals surface area contributed by atoms with Gasteiger partial charge in [0.05, 0.1) is 18.3 Å². The number of carbonyl (C=O) groups excluding carboxylic acids is 4. The van der Waals surface area contributed by atoms with Crippen LogP contribution in [0.4, 0.5) is 0 Å². The number of imide groups is 1. The Balaban J connectivity index is 1.29. The fourth-order valence-electron chi connectivity index (χ4n) is 5.23. The third-order valence-corrected chi connectivity index (χ3v) is 6.62. The molecule has 0 radical (unpaired) electrons. The number of benzene rings is 1. The second-order valence-electron chi connectivity index (χ2n) is 8.37. The van der Waals surface area contributed by atoms with Crippen LogP contribution in [-0.2, 0) is 19.1 Å². The number of nitrogens with zero attached hydrogens (tertiary/aromatic N) is 1. The van der Waals surface area contributed by atoms with Crippen LogP contribution in [0.2, 0.25) is 0 Å². The molecule has 2 amide bonds. The highest BCUT2D eigenvalue weighted by Gasteiger charge is 2.60. The van der Waals surface area contributed by atoms with Gasteiger partial charge in [-0.2, -0.15) is 0 Å². The summed E-state index contributed by atoms with van der Waals surface area (Å²) in [6.07, 6.45) is 2.97. The highest BCUT2D eigenvalue weighted by Crippen LogP contribution is 2.56. The lowest BCUT2D eigenvalue weighted by molar-refractivity contribution is -0.145. The van der Waals surface area contributed by atoms with Gasteiger partial charge in [0.1, 0.15) is 0 Å². The number of esters is 1. The Kier molecular flexibility index (Phi) is 4.81. The normalized spacial score (nSPS) is 28.0. The van der Waals surface area contributed by atoms with Crippen LogP contribution in [0.25, 0.3) is 0 Å². The maximum Gasteiger partial charge on any atom is 0.308 e. The van der Waals surface area contributed by atoms with E-state index in [0.29, 0.717) is 17.4 Å². The summed E-state index contributed by atoms with van der Waals surface area (Å²) in [5.41, 5.74) is 2.34. The van der Waals surface area contributed by atoms with Crippen molar-refractivity contribution < 1.29 is 23.9 Å². The van der Waals surface area contributed by atoms with Crippen LogP contribution in [-0.4, -0.2) is 41.6 Å². The van der Waals surface area contributed by atoms with Crippen molar-refractivity contribution >= 4 is 23.6 Å². The van der Waals surface area contributed by atoms with Crippen LogP contribution < -0.4 is 0 Å². The minimum absolute atomic E-state index is 0.0423. The van der Waals surface area contributed by atoms with Gasteiger partial charge in [0.15, 0.2) is 6.61 Å². The van der Waals surface area contributed by atoms with Crippen LogP contribution in [0.3, 0.4) is 0 Å². The van der Waals surface area contributed by atoms with E-state index < -0.39 is 5.97 Å². The molecule has 0 aromatic heterocycles. The quantitative estimate of drug-likeness (QED) is 0.428. The van der Waals surface area contributed by atoms with Crippen molar-refractivity contribution in [3.05, 3.63) is 34.9 Å². The highest BCUT2D eigenvalue weighted by molar-refractivity contribution is 6.06. The summed E-state index contributed by atoms with van der Waals surface area (Å²) in [5.74, 6) is -0.755. The summed E-state index contributed by atoms with van der Waals surface area (Å²) in [6, 6.07) is 5.56. The number of Topliss-reactive ketones (excluding diaryl/α,β-unsaturated/α-hetero) is 1. The van der Waals surface area contributed by atoms with E-state index in [0.717, 1.165) is 30.4 Å². The van der Waals surface area contributed by atoms with E-state index >= 15 is 0 Å². The van der Waals surface area contributed by atoms with Gasteiger partial charge in [0.2, 0.25) is 17.6 Å². The lowest BCUT2D eigenvalue weighted by atomic mass is 9.81. The molecule has 6 heteroatoms. The molecule has 0 unspecified atom stereocenters. The molecule has 0 spiro atoms. The van der Waals surface area contributed by atoms with Gasteiger partial charge in [-0.1, -0.05) is 17.7 Å². The van der Waals surface area contributed by atoms with E-state index in [4.69, 9.17) is 4.74 Å². The van der Waals surface area contributed by atoms with Crippen LogP contribution in [0.15, 0.2) is 18.2 Å². The first-order valence-electron chi connectivity index (χ1n) is 9.98. The summed E-state index contributed by atoms with van der Waals surface area (Å²) in [5, 5.41) is 0. The van der Waals surface area contributed by atoms with Crippen molar-refractivity contribution in [2.45, 2.75) is 39.5 Å². The van der Waals surface area contributed by atoms with Crippen molar-refractivity contribution in [3.63, 3.8) is 0 Å². The fourth-order valence-corrected chi connectivity index (χ4v) is 5.23. The molecule has 2 bridgehead atoms. The second kappa shape index (κ2) is 7.15. The SMILES string of the molecule is Cc1ccc(C)c(C(=O)COC(=O)CCN2C(=O)[C@@H]3[C@@H]4CC[C@@H](C4)[C@@H]3C2=O)c1. The first kappa shape index (κ1) is 18.8. The van der Waals surface area contributed by atoms with Crippen LogP contribution in [0.5, 0.6) is 0 Å². The Labute approximate surface area is 164 Å². The number of hydrogen-bond acceptors (Lipinski definition) is 5. The number of likely N-dealkylation sites (tertiary alicyclic amines) is 1. The largest absolute Gasteiger partial charge is 0.457 e. The monoisotopic (exact) mass is 383 g/mol. The molecule has 1 aromatic carbocycles. The molecule has 3 fully saturated rings. The van der Waals surface area contributed by atoms with Crippen LogP contribution in [0, 0.1) is 37.5 Å². The third kappa shape index (κ3) is 3.15. The predicted molar refractivity (Wildman–Crippen MR) is 100 cm³/mol. The summed E-state index contributed by atoms with van der Waals surface area (Å²) in [7, 11) is 0. The third-order valence-electron chi connectivity index (χ3n) is 6.62. The van der Waals surface area contributed by atoms with Crippen molar-refractivity contribution in [1.82, 2.24) is 4.90 Å². The molecule has 1 aliphatic heterocycles. The minimum atomic E-state index is -0.570. The molecular weight excluding hydrogens is 358 g/mol. The van der Waals surface area contributed by atoms with E-state index in [-0.39, 0.29) is 49.0 Å². The number of fused-ring (bicyclic) bond motifs is 5. The van der Waals surface area contributed by atoms with E-state index in [1.807, 2.05) is 26.0 Å². The molecule has 148 valence electrons. The Hall–Kier alpha value is -2.50. The molecule has 2 aliphatic carbocycles. The van der Waals surface area contributed by atoms with Gasteiger partial charge >= 0.3 is 5.97 Å². The maximum absolute atomic E-state index is 12.6. The zero-order valence-electron chi connectivity index (χ0n) is 16.3. The minimum Gasteiger partial charge on any atom is -0.457 e. The smallest absolute Gasteiger partial charge is 0.308 e. The van der Waals surface area contributed by atoms with Gasteiger partial charge in [-0.05, 0) is 56.6 Å². The molecule has 1 heterocycles. The van der Waals surface area contributed by atoms with Crippen molar-refractivity contribution in [2.24, 2.45) is 23.7 Å². The first-order chi connectivity index (χ1) is 13.4. The average molecular weight is 383 g/mol. The van der Waals surface area contributed by atoms with Crippen LogP contribution in [0.1, 0.15) is 47.2 Å². The van der Waals surface area contributed by atoms with Gasteiger partial charge in [-0.3, -0.25) is 24.1 Å². The molecular formula is C22H25NO5. The second-order valence-corrected chi connectivity index (χ2v) is 8.37. The molecule has 3 aliphatic rings. The Morgan fingerprint density at radius 2 is 1.71 bits per heavy atom. The molecule has 0 N–H and O–H groups in total. The zero-order chi connectivity index (χ0) is 20.0. The first-order valence-corrected chi connectivity index (χ1v) is 9.98. The number of aryl methyl sites for hydroxylation is 2. The van der Waals surface area contributed by atoms with Crippen molar-refractivity contribution in [1.29, 1.82) is 0 Å². The number of carbonyl (C=O) groups is 4. The fraction of sp³-hybridized carbons (Fsp3) is 0.545. The number of rotatable bonds is 6. The number of ether oxygens (including phenoxy) is 1. The lowest BCUT2D eigenvalue weighted by Gasteiger charge is -2.19. The number of hydrogen-bond donors (Lipinski definition) is 0. The van der Waals surface area contributed by atoms with E-state index in [9.17, 15) is 19.2 Å². The van der Waals surface area contributed by atoms with Crippen molar-refractivity contribution in [3.8, 4) is 0 Å². The lowest BCUT2D eigenvalue weighted by Crippen LogP contribution is -2.35. The predicted octanol–water partition coefficient (Wildman–Crippen LogP) is 2.45. The molecule has 6 nitrogen and oxygen atoms in total. The molecule has 1 saturated heterocycles. The topological polar surface area (TPSA) is 80.8 Å². The van der Waals surface area contributed by atoms with E-state index in [1.165, 1.54) is 4.90 Å². The summed E-state index contributed by atoms with van der Waals surface area (Å²) in [6.45, 7) is 3.44. The van der Waals surface area contributed by atoms with E-state index in [1.54, 1.807) is 6.07 Å². The summed E-state index contributed by atoms with van der Waals surface area (Å²) >= 11 is 0. The molecule has 28 heavy (non-hydrogen) atoms. The van der Waals surface area contributed by atoms with Gasteiger partial charge in [-0.25, -0.2) is 0 Å². The molecule has 2 saturated carbocycles. The summed E-state index contributed by atoms with van der Waals surface area (Å²) in [4.78, 5) is 50.8. The number of ketones is 1. The van der Waals surface area contributed by atoms with Crippen LogP contribution >= 0.6 is 0 Å². The van der Waals surface area contributed by atoms with E-state index in [2.05, 4.69) is 0 Å². The Morgan fingerprint density at radius 1 is 1.07 bits per heavy atom. The Morgan fingerprint density at radius 3 is 2.36 bits per heavy atom. The average Bonchev–Trinajstić information content (AvgIpc) is 3.34. The van der Waals surface area contributed by atoms with Gasteiger partial charge in [0.25, 0.3) is 0 Å². The highest BCUT2D eigenvalue weighted by atomic mass is 16.5. The molecule has 4 atom stereocenters. The standard InChI is InChI=1S/C22H25NO5/c1-12-3-4-13(2)16(9-12)17(24)11-28-18(25)7-8-23-21(26)19-14-5-6-15(10-14)20(19)22(23)27/h3-4,9,14-15,19-20H,5-8,10-11H2,1-2H3/t14-,15+,19-,20+. The zero-order valence-corrected chi connectivity index (χ0v) is 16.3. The number of amides is 2. The maximum atomic E-state index is 12.6. The molecule has 4 rings (SSSR count). The van der Waals surface area contributed by atoms with Crippen molar-refractivity contribution in [2.75, 3.05) is 13.2 Å². The van der Waals surface area contributed by atoms with Gasteiger partial charge in [-0.15, -0.1) is 0 Å². The summed E-state index contributed by atoms with van der Waals surface area (Å²) < 4.78 is 5.09. The molecule has 1 aromatic rings. The van der Waals surface area contributed by atoms with Gasteiger partial charge in [0, 0.05) is 12.1 Å².